The van der Waals surface area contributed by atoms with Crippen LogP contribution in [0.3, 0.4) is 0 Å². The zero-order valence-electron chi connectivity index (χ0n) is 12.9. The van der Waals surface area contributed by atoms with Gasteiger partial charge in [0.25, 0.3) is 5.56 Å². The van der Waals surface area contributed by atoms with Crippen LogP contribution in [0.4, 0.5) is 0 Å². The standard InChI is InChI=1S/C18H16N2O3/c1-11(22-2)14-8-12(13-6-4-5-7-16(13)23-3)9-15-17(14)19-10-20-18(15)21/h4-10H,1H2,2-3H3,(H,19,20,21). The van der Waals surface area contributed by atoms with Crippen LogP contribution in [0, 0.1) is 0 Å². The van der Waals surface area contributed by atoms with E-state index in [1.165, 1.54) is 13.4 Å². The van der Waals surface area contributed by atoms with E-state index in [-0.39, 0.29) is 5.56 Å². The van der Waals surface area contributed by atoms with E-state index in [9.17, 15) is 4.79 Å². The number of nitrogens with one attached hydrogen (secondary N) is 1. The summed E-state index contributed by atoms with van der Waals surface area (Å²) in [6.07, 6.45) is 1.37. The van der Waals surface area contributed by atoms with E-state index in [1.807, 2.05) is 30.3 Å². The molecule has 0 aliphatic heterocycles. The fraction of sp³-hybridized carbons (Fsp3) is 0.111. The number of rotatable bonds is 4. The molecule has 1 heterocycles. The second kappa shape index (κ2) is 5.96. The van der Waals surface area contributed by atoms with Crippen molar-refractivity contribution in [1.82, 2.24) is 9.97 Å². The monoisotopic (exact) mass is 308 g/mol. The zero-order valence-corrected chi connectivity index (χ0v) is 12.9. The topological polar surface area (TPSA) is 64.2 Å². The van der Waals surface area contributed by atoms with Crippen LogP contribution in [0.25, 0.3) is 27.8 Å². The van der Waals surface area contributed by atoms with Gasteiger partial charge >= 0.3 is 0 Å². The Morgan fingerprint density at radius 2 is 2.00 bits per heavy atom. The smallest absolute Gasteiger partial charge is 0.258 e. The van der Waals surface area contributed by atoms with Crippen LogP contribution >= 0.6 is 0 Å². The lowest BCUT2D eigenvalue weighted by Gasteiger charge is -2.13. The molecule has 0 saturated heterocycles. The number of benzene rings is 2. The minimum absolute atomic E-state index is 0.211. The molecule has 1 aromatic heterocycles. The Balaban J connectivity index is 2.37. The normalized spacial score (nSPS) is 10.5. The molecule has 3 rings (SSSR count). The highest BCUT2D eigenvalue weighted by Crippen LogP contribution is 2.33. The number of ether oxygens (including phenoxy) is 2. The third-order valence-electron chi connectivity index (χ3n) is 3.71. The highest BCUT2D eigenvalue weighted by atomic mass is 16.5. The molecule has 5 nitrogen and oxygen atoms in total. The van der Waals surface area contributed by atoms with E-state index >= 15 is 0 Å². The number of aromatic nitrogens is 2. The molecule has 3 aromatic rings. The molecule has 0 aliphatic rings. The first kappa shape index (κ1) is 14.8. The number of fused-ring (bicyclic) bond motifs is 1. The first-order valence-corrected chi connectivity index (χ1v) is 7.03. The van der Waals surface area contributed by atoms with E-state index in [0.29, 0.717) is 22.2 Å². The molecule has 0 bridgehead atoms. The molecule has 0 atom stereocenters. The second-order valence-corrected chi connectivity index (χ2v) is 4.98. The van der Waals surface area contributed by atoms with Gasteiger partial charge in [-0.2, -0.15) is 0 Å². The summed E-state index contributed by atoms with van der Waals surface area (Å²) in [6, 6.07) is 11.3. The van der Waals surface area contributed by atoms with Crippen LogP contribution in [0.5, 0.6) is 5.75 Å². The first-order chi connectivity index (χ1) is 11.2. The Morgan fingerprint density at radius 3 is 2.74 bits per heavy atom. The average molecular weight is 308 g/mol. The van der Waals surface area contributed by atoms with Gasteiger partial charge < -0.3 is 14.5 Å². The molecule has 116 valence electrons. The minimum atomic E-state index is -0.211. The molecule has 2 aromatic carbocycles. The Labute approximate surface area is 133 Å². The van der Waals surface area contributed by atoms with Crippen molar-refractivity contribution in [2.45, 2.75) is 0 Å². The van der Waals surface area contributed by atoms with Gasteiger partial charge in [0.2, 0.25) is 0 Å². The van der Waals surface area contributed by atoms with Gasteiger partial charge in [0.05, 0.1) is 31.4 Å². The summed E-state index contributed by atoms with van der Waals surface area (Å²) < 4.78 is 10.7. The quantitative estimate of drug-likeness (QED) is 0.752. The third-order valence-corrected chi connectivity index (χ3v) is 3.71. The van der Waals surface area contributed by atoms with E-state index in [4.69, 9.17) is 9.47 Å². The van der Waals surface area contributed by atoms with Crippen LogP contribution in [0.15, 0.2) is 54.1 Å². The molecular weight excluding hydrogens is 292 g/mol. The number of aromatic amines is 1. The van der Waals surface area contributed by atoms with Crippen molar-refractivity contribution in [2.24, 2.45) is 0 Å². The molecule has 1 N–H and O–H groups in total. The lowest BCUT2D eigenvalue weighted by Crippen LogP contribution is -2.08. The van der Waals surface area contributed by atoms with Crippen molar-refractivity contribution in [3.63, 3.8) is 0 Å². The molecular formula is C18H16N2O3. The van der Waals surface area contributed by atoms with Gasteiger partial charge in [0, 0.05) is 11.1 Å². The Kier molecular flexibility index (Phi) is 3.85. The van der Waals surface area contributed by atoms with Crippen LogP contribution in [-0.2, 0) is 4.74 Å². The van der Waals surface area contributed by atoms with E-state index < -0.39 is 0 Å². The molecule has 23 heavy (non-hydrogen) atoms. The maximum Gasteiger partial charge on any atom is 0.258 e. The molecule has 0 aliphatic carbocycles. The van der Waals surface area contributed by atoms with Crippen molar-refractivity contribution in [1.29, 1.82) is 0 Å². The highest BCUT2D eigenvalue weighted by molar-refractivity contribution is 5.93. The SMILES string of the molecule is C=C(OC)c1cc(-c2ccccc2OC)cc2c(=O)[nH]cnc12. The fourth-order valence-electron chi connectivity index (χ4n) is 2.54. The number of nitrogens with zero attached hydrogens (tertiary/aromatic N) is 1. The van der Waals surface area contributed by atoms with E-state index in [1.54, 1.807) is 13.2 Å². The molecule has 0 fully saturated rings. The molecule has 0 unspecified atom stereocenters. The highest BCUT2D eigenvalue weighted by Gasteiger charge is 2.14. The largest absolute Gasteiger partial charge is 0.497 e. The van der Waals surface area contributed by atoms with Crippen LogP contribution in [-0.4, -0.2) is 24.2 Å². The van der Waals surface area contributed by atoms with Gasteiger partial charge in [-0.05, 0) is 23.8 Å². The van der Waals surface area contributed by atoms with Gasteiger partial charge in [-0.15, -0.1) is 0 Å². The zero-order chi connectivity index (χ0) is 16.4. The maximum atomic E-state index is 12.2. The van der Waals surface area contributed by atoms with Crippen LogP contribution in [0.2, 0.25) is 0 Å². The first-order valence-electron chi connectivity index (χ1n) is 7.03. The minimum Gasteiger partial charge on any atom is -0.497 e. The lowest BCUT2D eigenvalue weighted by atomic mass is 9.98. The van der Waals surface area contributed by atoms with Crippen LogP contribution in [0.1, 0.15) is 5.56 Å². The average Bonchev–Trinajstić information content (AvgIpc) is 2.60. The molecule has 0 radical (unpaired) electrons. The number of methoxy groups -OCH3 is 2. The Bertz CT molecular complexity index is 944. The second-order valence-electron chi connectivity index (χ2n) is 4.98. The number of hydrogen-bond donors (Lipinski definition) is 1. The van der Waals surface area contributed by atoms with E-state index in [2.05, 4.69) is 16.5 Å². The Hall–Kier alpha value is -3.08. The van der Waals surface area contributed by atoms with Gasteiger partial charge in [0.15, 0.2) is 0 Å². The molecule has 0 spiro atoms. The maximum absolute atomic E-state index is 12.2. The molecule has 0 amide bonds. The number of hydrogen-bond acceptors (Lipinski definition) is 4. The lowest BCUT2D eigenvalue weighted by molar-refractivity contribution is 0.372. The summed E-state index contributed by atoms with van der Waals surface area (Å²) >= 11 is 0. The van der Waals surface area contributed by atoms with Crippen molar-refractivity contribution < 1.29 is 9.47 Å². The summed E-state index contributed by atoms with van der Waals surface area (Å²) in [4.78, 5) is 19.0. The molecule has 5 heteroatoms. The van der Waals surface area contributed by atoms with Gasteiger partial charge in [0.1, 0.15) is 11.5 Å². The fourth-order valence-corrected chi connectivity index (χ4v) is 2.54. The summed E-state index contributed by atoms with van der Waals surface area (Å²) in [5.41, 5.74) is 2.74. The summed E-state index contributed by atoms with van der Waals surface area (Å²) in [7, 11) is 3.15. The van der Waals surface area contributed by atoms with Gasteiger partial charge in [-0.3, -0.25) is 4.79 Å². The van der Waals surface area contributed by atoms with Crippen molar-refractivity contribution in [3.05, 3.63) is 65.2 Å². The van der Waals surface area contributed by atoms with Crippen molar-refractivity contribution in [2.75, 3.05) is 14.2 Å². The number of H-pyrrole nitrogens is 1. The van der Waals surface area contributed by atoms with Crippen LogP contribution < -0.4 is 10.3 Å². The van der Waals surface area contributed by atoms with Crippen molar-refractivity contribution >= 4 is 16.7 Å². The number of para-hydroxylation sites is 1. The predicted octanol–water partition coefficient (Wildman–Crippen LogP) is 3.22. The van der Waals surface area contributed by atoms with Gasteiger partial charge in [-0.25, -0.2) is 4.98 Å². The summed E-state index contributed by atoms with van der Waals surface area (Å²) in [5.74, 6) is 1.17. The van der Waals surface area contributed by atoms with Crippen molar-refractivity contribution in [3.8, 4) is 16.9 Å². The third kappa shape index (κ3) is 2.57. The predicted molar refractivity (Wildman–Crippen MR) is 90.4 cm³/mol. The van der Waals surface area contributed by atoms with Gasteiger partial charge in [-0.1, -0.05) is 24.8 Å². The Morgan fingerprint density at radius 1 is 1.22 bits per heavy atom. The summed E-state index contributed by atoms with van der Waals surface area (Å²) in [6.45, 7) is 3.89. The van der Waals surface area contributed by atoms with E-state index in [0.717, 1.165) is 16.9 Å². The molecule has 0 saturated carbocycles. The summed E-state index contributed by atoms with van der Waals surface area (Å²) in [5, 5.41) is 0.476.